The molecule has 4 aromatic rings. The number of anilines is 1. The van der Waals surface area contributed by atoms with Crippen LogP contribution in [0.25, 0.3) is 16.9 Å². The fraction of sp³-hybridized carbons (Fsp3) is 0.387. The van der Waals surface area contributed by atoms with E-state index in [0.29, 0.717) is 12.6 Å². The van der Waals surface area contributed by atoms with Gasteiger partial charge in [-0.25, -0.2) is 13.5 Å². The molecule has 12 heteroatoms. The Bertz CT molecular complexity index is 1340. The van der Waals surface area contributed by atoms with E-state index in [1.54, 1.807) is 11.8 Å². The molecular weight excluding hydrogens is 554 g/mol. The topological polar surface area (TPSA) is 129 Å². The maximum absolute atomic E-state index is 11.9. The summed E-state index contributed by atoms with van der Waals surface area (Å²) < 4.78 is 32.7. The first kappa shape index (κ1) is 35.1. The van der Waals surface area contributed by atoms with Crippen LogP contribution in [0.5, 0.6) is 0 Å². The Kier molecular flexibility index (Phi) is 15.0. The number of ether oxygens (including phenoxy) is 1. The predicted molar refractivity (Wildman–Crippen MR) is 167 cm³/mol. The molecule has 0 spiro atoms. The molecule has 0 radical (unpaired) electrons. The number of para-hydroxylation sites is 1. The summed E-state index contributed by atoms with van der Waals surface area (Å²) in [7, 11) is 5.56. The average Bonchev–Trinajstić information content (AvgIpc) is 3.73. The van der Waals surface area contributed by atoms with Gasteiger partial charge in [0.1, 0.15) is 11.5 Å². The molecule has 1 saturated heterocycles. The number of carbonyl (C=O) groups is 1. The second-order valence-electron chi connectivity index (χ2n) is 10.0. The summed E-state index contributed by atoms with van der Waals surface area (Å²) in [5, 5.41) is 12.2. The van der Waals surface area contributed by atoms with Crippen LogP contribution in [0.2, 0.25) is 0 Å². The van der Waals surface area contributed by atoms with Crippen molar-refractivity contribution < 1.29 is 18.3 Å². The van der Waals surface area contributed by atoms with Crippen molar-refractivity contribution in [3.63, 3.8) is 0 Å². The van der Waals surface area contributed by atoms with Crippen molar-refractivity contribution in [3.05, 3.63) is 84.2 Å². The molecule has 3 heterocycles. The molecule has 1 amide bonds. The van der Waals surface area contributed by atoms with Crippen LogP contribution in [0, 0.1) is 24.5 Å². The number of benzene rings is 2. The number of likely N-dealkylation sites (tertiary alicyclic amines) is 1. The summed E-state index contributed by atoms with van der Waals surface area (Å²) in [6.45, 7) is 8.21. The Balaban J connectivity index is 0.000000238. The lowest BCUT2D eigenvalue weighted by molar-refractivity contribution is -0.106. The Hall–Kier alpha value is -4.13. The fourth-order valence-corrected chi connectivity index (χ4v) is 4.62. The van der Waals surface area contributed by atoms with Crippen molar-refractivity contribution in [2.75, 3.05) is 45.7 Å². The van der Waals surface area contributed by atoms with Gasteiger partial charge in [0, 0.05) is 57.7 Å². The Morgan fingerprint density at radius 3 is 2.19 bits per heavy atom. The monoisotopic (exact) mass is 598 g/mol. The molecule has 2 atom stereocenters. The van der Waals surface area contributed by atoms with Gasteiger partial charge in [-0.2, -0.15) is 10.2 Å². The van der Waals surface area contributed by atoms with Gasteiger partial charge < -0.3 is 21.5 Å². The number of hydrogen-bond donors (Lipinski definition) is 3. The standard InChI is InChI=1S/C15H17N5.C9H20N2O.C6H4F2.CH3NO/c1-11-14(12-9-17-19(3)10-12)18-20(15(11)16-2)13-7-5-4-6-8-13;1-8-3-4-11(6-8)9(5-10)7-12-2;7-5-3-1-2-4-6(5)8;2-1-3/h4-10,16H,1-3H3;8-9H,3-7,10H2,1-2H3;1-4H;1H,(H2,2,3)/t;8-,9?;;/m.0../s1. The molecule has 1 aliphatic rings. The Morgan fingerprint density at radius 1 is 1.14 bits per heavy atom. The van der Waals surface area contributed by atoms with Gasteiger partial charge in [-0.15, -0.1) is 0 Å². The molecule has 1 fully saturated rings. The number of amides is 1. The highest BCUT2D eigenvalue weighted by Gasteiger charge is 2.24. The summed E-state index contributed by atoms with van der Waals surface area (Å²) >= 11 is 0. The van der Waals surface area contributed by atoms with Crippen LogP contribution in [0.4, 0.5) is 14.6 Å². The Morgan fingerprint density at radius 2 is 1.74 bits per heavy atom. The first-order valence-electron chi connectivity index (χ1n) is 14.0. The third-order valence-corrected chi connectivity index (χ3v) is 6.77. The van der Waals surface area contributed by atoms with Gasteiger partial charge in [-0.05, 0) is 50.1 Å². The molecule has 5 N–H and O–H groups in total. The van der Waals surface area contributed by atoms with E-state index < -0.39 is 11.6 Å². The van der Waals surface area contributed by atoms with Crippen molar-refractivity contribution in [1.29, 1.82) is 0 Å². The van der Waals surface area contributed by atoms with Gasteiger partial charge in [-0.1, -0.05) is 37.3 Å². The lowest BCUT2D eigenvalue weighted by Gasteiger charge is -2.25. The van der Waals surface area contributed by atoms with Crippen LogP contribution in [-0.4, -0.2) is 77.3 Å². The van der Waals surface area contributed by atoms with E-state index >= 15 is 0 Å². The number of methoxy groups -OCH3 is 1. The number of halogens is 2. The average molecular weight is 599 g/mol. The van der Waals surface area contributed by atoms with Gasteiger partial charge in [-0.3, -0.25) is 14.4 Å². The predicted octanol–water partition coefficient (Wildman–Crippen LogP) is 3.99. The van der Waals surface area contributed by atoms with Crippen LogP contribution in [-0.2, 0) is 16.6 Å². The highest BCUT2D eigenvalue weighted by molar-refractivity contribution is 5.69. The minimum atomic E-state index is -0.799. The smallest absolute Gasteiger partial charge is 0.204 e. The minimum Gasteiger partial charge on any atom is -0.383 e. The number of carbonyl (C=O) groups excluding carboxylic acids is 1. The number of aromatic nitrogens is 4. The molecule has 2 aromatic heterocycles. The number of nitrogens with one attached hydrogen (secondary N) is 1. The maximum Gasteiger partial charge on any atom is 0.204 e. The van der Waals surface area contributed by atoms with E-state index in [4.69, 9.17) is 20.4 Å². The molecule has 1 aliphatic heterocycles. The summed E-state index contributed by atoms with van der Waals surface area (Å²) in [5.41, 5.74) is 14.0. The fourth-order valence-electron chi connectivity index (χ4n) is 4.62. The summed E-state index contributed by atoms with van der Waals surface area (Å²) in [4.78, 5) is 11.0. The second-order valence-corrected chi connectivity index (χ2v) is 10.0. The molecular formula is C31H44F2N8O2. The van der Waals surface area contributed by atoms with Gasteiger partial charge in [0.25, 0.3) is 0 Å². The molecule has 1 unspecified atom stereocenters. The third kappa shape index (κ3) is 10.6. The second kappa shape index (κ2) is 18.4. The van der Waals surface area contributed by atoms with Crippen LogP contribution >= 0.6 is 0 Å². The lowest BCUT2D eigenvalue weighted by Crippen LogP contribution is -2.42. The van der Waals surface area contributed by atoms with E-state index in [0.717, 1.165) is 53.0 Å². The molecule has 43 heavy (non-hydrogen) atoms. The first-order valence-corrected chi connectivity index (χ1v) is 14.0. The van der Waals surface area contributed by atoms with E-state index in [-0.39, 0.29) is 6.41 Å². The number of rotatable bonds is 7. The quantitative estimate of drug-likeness (QED) is 0.274. The van der Waals surface area contributed by atoms with Gasteiger partial charge >= 0.3 is 0 Å². The summed E-state index contributed by atoms with van der Waals surface area (Å²) in [6.07, 6.45) is 5.37. The number of nitrogens with two attached hydrogens (primary N) is 2. The van der Waals surface area contributed by atoms with Crippen molar-refractivity contribution in [1.82, 2.24) is 24.5 Å². The number of hydrogen-bond acceptors (Lipinski definition) is 7. The minimum absolute atomic E-state index is 0.250. The highest BCUT2D eigenvalue weighted by atomic mass is 19.2. The highest BCUT2D eigenvalue weighted by Crippen LogP contribution is 2.29. The zero-order valence-electron chi connectivity index (χ0n) is 25.6. The number of aryl methyl sites for hydroxylation is 1. The number of nitrogens with zero attached hydrogens (tertiary/aromatic N) is 5. The largest absolute Gasteiger partial charge is 0.383 e. The molecule has 5 rings (SSSR count). The molecule has 0 saturated carbocycles. The van der Waals surface area contributed by atoms with Crippen LogP contribution < -0.4 is 16.8 Å². The van der Waals surface area contributed by atoms with E-state index in [2.05, 4.69) is 34.9 Å². The lowest BCUT2D eigenvalue weighted by atomic mass is 10.1. The summed E-state index contributed by atoms with van der Waals surface area (Å²) in [6, 6.07) is 15.6. The number of primary amides is 1. The SMILES string of the molecule is CNc1c(C)c(-c2cnn(C)c2)nn1-c1ccccc1.COCC(CN)N1CC[C@H](C)C1.Fc1ccccc1F.NC=O. The Labute approximate surface area is 252 Å². The molecule has 0 bridgehead atoms. The molecule has 234 valence electrons. The molecule has 10 nitrogen and oxygen atoms in total. The first-order chi connectivity index (χ1) is 20.7. The van der Waals surface area contributed by atoms with Crippen LogP contribution in [0.1, 0.15) is 18.9 Å². The molecule has 2 aromatic carbocycles. The molecule has 0 aliphatic carbocycles. The van der Waals surface area contributed by atoms with Crippen molar-refractivity contribution >= 4 is 12.2 Å². The third-order valence-electron chi connectivity index (χ3n) is 6.77. The van der Waals surface area contributed by atoms with Gasteiger partial charge in [0.15, 0.2) is 11.6 Å². The van der Waals surface area contributed by atoms with Gasteiger partial charge in [0.05, 0.1) is 18.5 Å². The van der Waals surface area contributed by atoms with Crippen molar-refractivity contribution in [2.24, 2.45) is 24.4 Å². The zero-order valence-corrected chi connectivity index (χ0v) is 25.6. The maximum atomic E-state index is 11.9. The zero-order chi connectivity index (χ0) is 31.8. The van der Waals surface area contributed by atoms with Crippen molar-refractivity contribution in [3.8, 4) is 16.9 Å². The van der Waals surface area contributed by atoms with Crippen LogP contribution in [0.15, 0.2) is 67.0 Å². The van der Waals surface area contributed by atoms with Gasteiger partial charge in [0.2, 0.25) is 6.41 Å². The summed E-state index contributed by atoms with van der Waals surface area (Å²) in [5.74, 6) is 0.228. The van der Waals surface area contributed by atoms with E-state index in [9.17, 15) is 8.78 Å². The van der Waals surface area contributed by atoms with E-state index in [1.807, 2.05) is 61.5 Å². The normalized spacial score (nSPS) is 14.7. The van der Waals surface area contributed by atoms with E-state index in [1.165, 1.54) is 31.6 Å². The van der Waals surface area contributed by atoms with Crippen LogP contribution in [0.3, 0.4) is 0 Å². The van der Waals surface area contributed by atoms with Crippen molar-refractivity contribution in [2.45, 2.75) is 26.3 Å².